The van der Waals surface area contributed by atoms with Gasteiger partial charge in [-0.05, 0) is 37.5 Å². The summed E-state index contributed by atoms with van der Waals surface area (Å²) in [6.45, 7) is 5.92. The van der Waals surface area contributed by atoms with E-state index >= 15 is 0 Å². The summed E-state index contributed by atoms with van der Waals surface area (Å²) < 4.78 is 51.3. The summed E-state index contributed by atoms with van der Waals surface area (Å²) in [6, 6.07) is 3.98. The maximum absolute atomic E-state index is 13.7. The lowest BCUT2D eigenvalue weighted by atomic mass is 10.0. The minimum atomic E-state index is -4.56. The average molecular weight is 434 g/mol. The van der Waals surface area contributed by atoms with Crippen LogP contribution in [0, 0.1) is 0 Å². The minimum absolute atomic E-state index is 0. The van der Waals surface area contributed by atoms with Crippen LogP contribution in [-0.2, 0) is 12.6 Å². The summed E-state index contributed by atoms with van der Waals surface area (Å²) in [5.41, 5.74) is -0.252. The summed E-state index contributed by atoms with van der Waals surface area (Å²) >= 11 is 0. The van der Waals surface area contributed by atoms with E-state index in [2.05, 4.69) is 15.3 Å². The van der Waals surface area contributed by atoms with Crippen LogP contribution >= 0.6 is 12.4 Å². The average Bonchev–Trinajstić information content (AvgIpc) is 2.70. The van der Waals surface area contributed by atoms with E-state index in [0.717, 1.165) is 18.9 Å². The quantitative estimate of drug-likeness (QED) is 0.573. The van der Waals surface area contributed by atoms with E-state index < -0.39 is 11.7 Å². The predicted octanol–water partition coefficient (Wildman–Crippen LogP) is 5.76. The van der Waals surface area contributed by atoms with Crippen molar-refractivity contribution in [3.05, 3.63) is 29.5 Å². The molecule has 0 fully saturated rings. The Labute approximate surface area is 175 Å². The number of rotatable bonds is 8. The molecule has 0 unspecified atom stereocenters. The third-order valence-electron chi connectivity index (χ3n) is 4.58. The van der Waals surface area contributed by atoms with Gasteiger partial charge in [0.2, 0.25) is 0 Å². The number of aromatic nitrogens is 2. The predicted molar refractivity (Wildman–Crippen MR) is 110 cm³/mol. The van der Waals surface area contributed by atoms with E-state index in [1.165, 1.54) is 26.4 Å². The van der Waals surface area contributed by atoms with Crippen molar-refractivity contribution in [1.82, 2.24) is 9.97 Å². The van der Waals surface area contributed by atoms with Gasteiger partial charge < -0.3 is 14.8 Å². The zero-order valence-corrected chi connectivity index (χ0v) is 18.0. The molecule has 9 heteroatoms. The highest BCUT2D eigenvalue weighted by atomic mass is 35.5. The molecule has 0 spiro atoms. The molecule has 2 rings (SSSR count). The standard InChI is InChI=1S/C20H26F3N3O2.ClH/c1-6-12(7-2)24-18-19(28-5)26-17(16(8-3)25-18)14-10-9-13(27-4)11-15(14)20(21,22)23;/h9-12H,6-8H2,1-5H3,(H,24,25);1H. The summed E-state index contributed by atoms with van der Waals surface area (Å²) in [6.07, 6.45) is -2.38. The van der Waals surface area contributed by atoms with E-state index in [1.807, 2.05) is 20.8 Å². The van der Waals surface area contributed by atoms with Crippen LogP contribution in [0.3, 0.4) is 0 Å². The molecule has 0 aliphatic carbocycles. The topological polar surface area (TPSA) is 56.3 Å². The molecule has 0 amide bonds. The molecule has 0 bridgehead atoms. The first-order valence-electron chi connectivity index (χ1n) is 9.25. The molecule has 1 aromatic heterocycles. The Balaban J connectivity index is 0.00000420. The third kappa shape index (κ3) is 5.65. The van der Waals surface area contributed by atoms with Gasteiger partial charge in [0.05, 0.1) is 31.2 Å². The van der Waals surface area contributed by atoms with E-state index in [1.54, 1.807) is 0 Å². The fourth-order valence-electron chi connectivity index (χ4n) is 2.93. The molecule has 0 aliphatic heterocycles. The number of aryl methyl sites for hydroxylation is 1. The number of nitrogens with one attached hydrogen (secondary N) is 1. The molecule has 1 aromatic carbocycles. The molecule has 5 nitrogen and oxygen atoms in total. The van der Waals surface area contributed by atoms with Gasteiger partial charge >= 0.3 is 6.18 Å². The van der Waals surface area contributed by atoms with Crippen LogP contribution in [0.4, 0.5) is 19.0 Å². The molecule has 29 heavy (non-hydrogen) atoms. The third-order valence-corrected chi connectivity index (χ3v) is 4.58. The number of methoxy groups -OCH3 is 2. The van der Waals surface area contributed by atoms with Crippen LogP contribution in [-0.4, -0.2) is 30.2 Å². The zero-order valence-electron chi connectivity index (χ0n) is 17.2. The first-order chi connectivity index (χ1) is 13.3. The highest BCUT2D eigenvalue weighted by Gasteiger charge is 2.35. The molecular formula is C20H27ClF3N3O2. The zero-order chi connectivity index (χ0) is 20.9. The van der Waals surface area contributed by atoms with Gasteiger partial charge in [-0.15, -0.1) is 12.4 Å². The van der Waals surface area contributed by atoms with Gasteiger partial charge in [0, 0.05) is 11.6 Å². The van der Waals surface area contributed by atoms with Gasteiger partial charge in [0.1, 0.15) is 5.75 Å². The lowest BCUT2D eigenvalue weighted by Crippen LogP contribution is -2.20. The normalized spacial score (nSPS) is 11.2. The molecule has 162 valence electrons. The molecule has 0 atom stereocenters. The first-order valence-corrected chi connectivity index (χ1v) is 9.25. The van der Waals surface area contributed by atoms with Crippen LogP contribution in [0.5, 0.6) is 11.6 Å². The number of hydrogen-bond donors (Lipinski definition) is 1. The molecular weight excluding hydrogens is 407 g/mol. The first kappa shape index (κ1) is 24.8. The Morgan fingerprint density at radius 2 is 1.69 bits per heavy atom. The Hall–Kier alpha value is -2.22. The van der Waals surface area contributed by atoms with Gasteiger partial charge in [-0.1, -0.05) is 20.8 Å². The van der Waals surface area contributed by atoms with Gasteiger partial charge in [-0.2, -0.15) is 13.2 Å². The highest BCUT2D eigenvalue weighted by Crippen LogP contribution is 2.40. The maximum Gasteiger partial charge on any atom is 0.417 e. The fourth-order valence-corrected chi connectivity index (χ4v) is 2.93. The van der Waals surface area contributed by atoms with Crippen molar-refractivity contribution < 1.29 is 22.6 Å². The second-order valence-electron chi connectivity index (χ2n) is 6.30. The number of hydrogen-bond acceptors (Lipinski definition) is 5. The van der Waals surface area contributed by atoms with Gasteiger partial charge in [0.25, 0.3) is 5.88 Å². The molecule has 1 heterocycles. The minimum Gasteiger partial charge on any atom is -0.497 e. The van der Waals surface area contributed by atoms with E-state index in [0.29, 0.717) is 17.9 Å². The molecule has 1 N–H and O–H groups in total. The number of alkyl halides is 3. The van der Waals surface area contributed by atoms with Crippen molar-refractivity contribution >= 4 is 18.2 Å². The van der Waals surface area contributed by atoms with Crippen molar-refractivity contribution in [2.75, 3.05) is 19.5 Å². The number of ether oxygens (including phenoxy) is 2. The van der Waals surface area contributed by atoms with E-state index in [-0.39, 0.29) is 41.3 Å². The van der Waals surface area contributed by atoms with Crippen LogP contribution in [0.2, 0.25) is 0 Å². The van der Waals surface area contributed by atoms with Crippen LogP contribution in [0.25, 0.3) is 11.3 Å². The van der Waals surface area contributed by atoms with Gasteiger partial charge in [-0.25, -0.2) is 9.97 Å². The Morgan fingerprint density at radius 1 is 1.03 bits per heavy atom. The number of anilines is 1. The smallest absolute Gasteiger partial charge is 0.417 e. The van der Waals surface area contributed by atoms with E-state index in [9.17, 15) is 13.2 Å². The second-order valence-corrected chi connectivity index (χ2v) is 6.30. The summed E-state index contributed by atoms with van der Waals surface area (Å²) in [5.74, 6) is 0.739. The van der Waals surface area contributed by atoms with Crippen molar-refractivity contribution in [3.8, 4) is 22.9 Å². The lowest BCUT2D eigenvalue weighted by Gasteiger charge is -2.20. The molecule has 0 saturated carbocycles. The SMILES string of the molecule is CCc1nc(NC(CC)CC)c(OC)nc1-c1ccc(OC)cc1C(F)(F)F.Cl. The van der Waals surface area contributed by atoms with Crippen LogP contribution < -0.4 is 14.8 Å². The monoisotopic (exact) mass is 433 g/mol. The van der Waals surface area contributed by atoms with Crippen LogP contribution in [0.15, 0.2) is 18.2 Å². The lowest BCUT2D eigenvalue weighted by molar-refractivity contribution is -0.137. The van der Waals surface area contributed by atoms with Crippen LogP contribution in [0.1, 0.15) is 44.9 Å². The highest BCUT2D eigenvalue weighted by molar-refractivity contribution is 5.85. The molecule has 0 saturated heterocycles. The Kier molecular flexibility index (Phi) is 9.01. The van der Waals surface area contributed by atoms with Gasteiger partial charge in [-0.3, -0.25) is 0 Å². The Morgan fingerprint density at radius 3 is 2.17 bits per heavy atom. The largest absolute Gasteiger partial charge is 0.497 e. The number of nitrogens with zero attached hydrogens (tertiary/aromatic N) is 2. The van der Waals surface area contributed by atoms with Crippen molar-refractivity contribution in [2.24, 2.45) is 0 Å². The molecule has 0 radical (unpaired) electrons. The van der Waals surface area contributed by atoms with Crippen molar-refractivity contribution in [3.63, 3.8) is 0 Å². The summed E-state index contributed by atoms with van der Waals surface area (Å²) in [4.78, 5) is 8.94. The second kappa shape index (κ2) is 10.5. The summed E-state index contributed by atoms with van der Waals surface area (Å²) in [5, 5.41) is 3.27. The summed E-state index contributed by atoms with van der Waals surface area (Å²) in [7, 11) is 2.75. The van der Waals surface area contributed by atoms with Crippen molar-refractivity contribution in [2.45, 2.75) is 52.3 Å². The number of halogens is 4. The van der Waals surface area contributed by atoms with Gasteiger partial charge in [0.15, 0.2) is 5.82 Å². The molecule has 2 aromatic rings. The fraction of sp³-hybridized carbons (Fsp3) is 0.500. The number of benzene rings is 1. The van der Waals surface area contributed by atoms with Crippen molar-refractivity contribution in [1.29, 1.82) is 0 Å². The Bertz CT molecular complexity index is 812. The maximum atomic E-state index is 13.7. The molecule has 0 aliphatic rings. The van der Waals surface area contributed by atoms with E-state index in [4.69, 9.17) is 9.47 Å².